The van der Waals surface area contributed by atoms with Gasteiger partial charge in [-0.05, 0) is 46.6 Å². The molecule has 94 valence electrons. The molecule has 0 fully saturated rings. The third-order valence-electron chi connectivity index (χ3n) is 2.45. The summed E-state index contributed by atoms with van der Waals surface area (Å²) in [7, 11) is 0. The number of hydrogen-bond acceptors (Lipinski definition) is 4. The maximum absolute atomic E-state index is 11.4. The van der Waals surface area contributed by atoms with Crippen molar-refractivity contribution in [1.82, 2.24) is 9.97 Å². The van der Waals surface area contributed by atoms with Crippen LogP contribution in [0.2, 0.25) is 0 Å². The molecule has 0 saturated carbocycles. The van der Waals surface area contributed by atoms with E-state index in [1.54, 1.807) is 0 Å². The van der Waals surface area contributed by atoms with Gasteiger partial charge in [0.15, 0.2) is 5.82 Å². The molecule has 1 aromatic carbocycles. The maximum Gasteiger partial charge on any atom is 0.267 e. The fourth-order valence-electron chi connectivity index (χ4n) is 1.53. The lowest BCUT2D eigenvalue weighted by Gasteiger charge is -2.07. The highest BCUT2D eigenvalue weighted by atomic mass is 79.9. The molecule has 0 saturated heterocycles. The van der Waals surface area contributed by atoms with Crippen LogP contribution in [0.3, 0.4) is 0 Å². The topological polar surface area (TPSA) is 83.8 Å². The molecule has 1 aromatic heterocycles. The molecule has 0 atom stereocenters. The summed E-state index contributed by atoms with van der Waals surface area (Å²) in [5.41, 5.74) is 7.32. The average molecular weight is 309 g/mol. The fourth-order valence-corrected chi connectivity index (χ4v) is 1.84. The first kappa shape index (κ1) is 12.8. The Kier molecular flexibility index (Phi) is 4.11. The van der Waals surface area contributed by atoms with E-state index in [-0.39, 0.29) is 5.56 Å². The van der Waals surface area contributed by atoms with Crippen molar-refractivity contribution in [3.8, 4) is 0 Å². The largest absolute Gasteiger partial charge is 0.339 e. The van der Waals surface area contributed by atoms with Gasteiger partial charge in [-0.2, -0.15) is 0 Å². The maximum atomic E-state index is 11.4. The van der Waals surface area contributed by atoms with Gasteiger partial charge in [-0.3, -0.25) is 4.79 Å². The summed E-state index contributed by atoms with van der Waals surface area (Å²) in [4.78, 5) is 17.9. The second kappa shape index (κ2) is 5.79. The van der Waals surface area contributed by atoms with Gasteiger partial charge >= 0.3 is 0 Å². The molecule has 1 heterocycles. The summed E-state index contributed by atoms with van der Waals surface area (Å²) in [5, 5.41) is 3.07. The molecule has 6 heteroatoms. The van der Waals surface area contributed by atoms with Crippen molar-refractivity contribution in [2.45, 2.75) is 6.42 Å². The number of halogens is 1. The summed E-state index contributed by atoms with van der Waals surface area (Å²) in [5.74, 6) is 0.491. The Morgan fingerprint density at radius 3 is 2.72 bits per heavy atom. The van der Waals surface area contributed by atoms with Crippen LogP contribution in [-0.2, 0) is 6.42 Å². The molecule has 0 aliphatic heterocycles. The molecule has 5 nitrogen and oxygen atoms in total. The van der Waals surface area contributed by atoms with Gasteiger partial charge in [0, 0.05) is 5.69 Å². The highest BCUT2D eigenvalue weighted by Crippen LogP contribution is 2.19. The quantitative estimate of drug-likeness (QED) is 0.804. The normalized spacial score (nSPS) is 10.3. The van der Waals surface area contributed by atoms with E-state index in [9.17, 15) is 4.79 Å². The second-order valence-electron chi connectivity index (χ2n) is 3.75. The Bertz CT molecular complexity index is 579. The predicted octanol–water partition coefficient (Wildman–Crippen LogP) is 1.78. The minimum atomic E-state index is -0.216. The molecule has 0 bridgehead atoms. The molecule has 0 unspecified atom stereocenters. The van der Waals surface area contributed by atoms with Gasteiger partial charge in [0.2, 0.25) is 0 Å². The first-order valence-corrected chi connectivity index (χ1v) is 6.29. The number of nitrogens with zero attached hydrogens (tertiary/aromatic N) is 1. The summed E-state index contributed by atoms with van der Waals surface area (Å²) < 4.78 is 0.385. The lowest BCUT2D eigenvalue weighted by atomic mass is 10.1. The average Bonchev–Trinajstić information content (AvgIpc) is 2.38. The minimum Gasteiger partial charge on any atom is -0.339 e. The zero-order valence-corrected chi connectivity index (χ0v) is 11.2. The highest BCUT2D eigenvalue weighted by molar-refractivity contribution is 9.10. The summed E-state index contributed by atoms with van der Waals surface area (Å²) in [6, 6.07) is 7.85. The number of aromatic nitrogens is 2. The molecule has 0 spiro atoms. The number of benzene rings is 1. The summed E-state index contributed by atoms with van der Waals surface area (Å²) >= 11 is 3.19. The van der Waals surface area contributed by atoms with Gasteiger partial charge in [0.1, 0.15) is 4.47 Å². The van der Waals surface area contributed by atoms with Gasteiger partial charge in [-0.1, -0.05) is 12.1 Å². The van der Waals surface area contributed by atoms with Crippen LogP contribution in [0.15, 0.2) is 39.9 Å². The first-order valence-electron chi connectivity index (χ1n) is 5.50. The van der Waals surface area contributed by atoms with Gasteiger partial charge in [-0.25, -0.2) is 4.98 Å². The molecular weight excluding hydrogens is 296 g/mol. The number of hydrogen-bond donors (Lipinski definition) is 3. The van der Waals surface area contributed by atoms with Gasteiger partial charge < -0.3 is 16.0 Å². The lowest BCUT2D eigenvalue weighted by Crippen LogP contribution is -2.10. The number of nitrogens with two attached hydrogens (primary N) is 1. The van der Waals surface area contributed by atoms with E-state index in [4.69, 9.17) is 5.73 Å². The molecule has 2 rings (SSSR count). The van der Waals surface area contributed by atoms with E-state index in [2.05, 4.69) is 31.2 Å². The molecule has 0 radical (unpaired) electrons. The zero-order chi connectivity index (χ0) is 13.0. The van der Waals surface area contributed by atoms with Crippen molar-refractivity contribution < 1.29 is 0 Å². The Balaban J connectivity index is 2.18. The number of nitrogens with one attached hydrogen (secondary N) is 2. The van der Waals surface area contributed by atoms with E-state index in [1.807, 2.05) is 24.3 Å². The minimum absolute atomic E-state index is 0.216. The summed E-state index contributed by atoms with van der Waals surface area (Å²) in [6.07, 6.45) is 2.21. The SMILES string of the molecule is NCCc1ccc(Nc2nc[nH]c(=O)c2Br)cc1. The Morgan fingerprint density at radius 1 is 1.33 bits per heavy atom. The van der Waals surface area contributed by atoms with Crippen LogP contribution in [0, 0.1) is 0 Å². The van der Waals surface area contributed by atoms with Gasteiger partial charge in [0.05, 0.1) is 6.33 Å². The molecule has 4 N–H and O–H groups in total. The van der Waals surface area contributed by atoms with Crippen molar-refractivity contribution in [1.29, 1.82) is 0 Å². The van der Waals surface area contributed by atoms with Crippen molar-refractivity contribution in [2.75, 3.05) is 11.9 Å². The molecular formula is C12H13BrN4O. The highest BCUT2D eigenvalue weighted by Gasteiger charge is 2.05. The van der Waals surface area contributed by atoms with Gasteiger partial charge in [-0.15, -0.1) is 0 Å². The van der Waals surface area contributed by atoms with E-state index in [0.717, 1.165) is 12.1 Å². The van der Waals surface area contributed by atoms with Gasteiger partial charge in [0.25, 0.3) is 5.56 Å². The monoisotopic (exact) mass is 308 g/mol. The fraction of sp³-hybridized carbons (Fsp3) is 0.167. The van der Waals surface area contributed by atoms with Crippen LogP contribution in [0.4, 0.5) is 11.5 Å². The van der Waals surface area contributed by atoms with Crippen LogP contribution in [0.5, 0.6) is 0 Å². The number of H-pyrrole nitrogens is 1. The Labute approximate surface area is 113 Å². The van der Waals surface area contributed by atoms with Crippen molar-refractivity contribution >= 4 is 27.4 Å². The third kappa shape index (κ3) is 2.96. The Hall–Kier alpha value is -1.66. The van der Waals surface area contributed by atoms with Crippen LogP contribution in [0.25, 0.3) is 0 Å². The molecule has 0 aliphatic rings. The summed E-state index contributed by atoms with van der Waals surface area (Å²) in [6.45, 7) is 0.633. The zero-order valence-electron chi connectivity index (χ0n) is 9.61. The van der Waals surface area contributed by atoms with E-state index >= 15 is 0 Å². The Morgan fingerprint density at radius 2 is 2.06 bits per heavy atom. The molecule has 2 aromatic rings. The number of aromatic amines is 1. The van der Waals surface area contributed by atoms with E-state index in [0.29, 0.717) is 16.8 Å². The molecule has 18 heavy (non-hydrogen) atoms. The number of anilines is 2. The first-order chi connectivity index (χ1) is 8.70. The third-order valence-corrected chi connectivity index (χ3v) is 3.18. The van der Waals surface area contributed by atoms with Crippen LogP contribution >= 0.6 is 15.9 Å². The number of rotatable bonds is 4. The lowest BCUT2D eigenvalue weighted by molar-refractivity contribution is 0.969. The van der Waals surface area contributed by atoms with Crippen molar-refractivity contribution in [3.05, 3.63) is 51.0 Å². The molecule has 0 amide bonds. The predicted molar refractivity (Wildman–Crippen MR) is 75.0 cm³/mol. The van der Waals surface area contributed by atoms with Crippen LogP contribution in [-0.4, -0.2) is 16.5 Å². The van der Waals surface area contributed by atoms with Crippen LogP contribution < -0.4 is 16.6 Å². The molecule has 0 aliphatic carbocycles. The van der Waals surface area contributed by atoms with Crippen molar-refractivity contribution in [3.63, 3.8) is 0 Å². The smallest absolute Gasteiger partial charge is 0.267 e. The van der Waals surface area contributed by atoms with Crippen LogP contribution in [0.1, 0.15) is 5.56 Å². The van der Waals surface area contributed by atoms with Crippen molar-refractivity contribution in [2.24, 2.45) is 5.73 Å². The van der Waals surface area contributed by atoms with E-state index < -0.39 is 0 Å². The second-order valence-corrected chi connectivity index (χ2v) is 4.55. The standard InChI is InChI=1S/C12H13BrN4O/c13-10-11(15-7-16-12(10)18)17-9-3-1-8(2-4-9)5-6-14/h1-4,7H,5-6,14H2,(H2,15,16,17,18). The van der Waals surface area contributed by atoms with E-state index in [1.165, 1.54) is 11.9 Å².